The van der Waals surface area contributed by atoms with Crippen LogP contribution in [0.4, 0.5) is 5.82 Å². The Kier molecular flexibility index (Phi) is 4.91. The molecule has 3 heterocycles. The summed E-state index contributed by atoms with van der Waals surface area (Å²) in [6, 6.07) is 11.4. The highest BCUT2D eigenvalue weighted by molar-refractivity contribution is 5.94. The first kappa shape index (κ1) is 16.7. The number of rotatable bonds is 5. The van der Waals surface area contributed by atoms with Gasteiger partial charge in [-0.25, -0.2) is 4.98 Å². The van der Waals surface area contributed by atoms with Crippen LogP contribution in [0.1, 0.15) is 29.6 Å². The molecule has 1 unspecified atom stereocenters. The molecule has 6 heteroatoms. The lowest BCUT2D eigenvalue weighted by Crippen LogP contribution is -2.34. The van der Waals surface area contributed by atoms with Gasteiger partial charge >= 0.3 is 0 Å². The van der Waals surface area contributed by atoms with Crippen molar-refractivity contribution in [3.05, 3.63) is 48.2 Å². The Labute approximate surface area is 153 Å². The maximum Gasteiger partial charge on any atom is 0.252 e. The minimum absolute atomic E-state index is 0.0548. The second-order valence-electron chi connectivity index (χ2n) is 6.64. The van der Waals surface area contributed by atoms with E-state index in [4.69, 9.17) is 9.47 Å². The van der Waals surface area contributed by atoms with Gasteiger partial charge in [-0.05, 0) is 37.1 Å². The zero-order valence-corrected chi connectivity index (χ0v) is 14.7. The van der Waals surface area contributed by atoms with Crippen molar-refractivity contribution in [1.82, 2.24) is 10.3 Å². The van der Waals surface area contributed by atoms with E-state index in [9.17, 15) is 4.79 Å². The van der Waals surface area contributed by atoms with Gasteiger partial charge in [-0.2, -0.15) is 0 Å². The second-order valence-corrected chi connectivity index (χ2v) is 6.64. The van der Waals surface area contributed by atoms with Gasteiger partial charge in [0.15, 0.2) is 11.5 Å². The van der Waals surface area contributed by atoms with Crippen LogP contribution in [-0.2, 0) is 0 Å². The summed E-state index contributed by atoms with van der Waals surface area (Å²) in [4.78, 5) is 19.0. The van der Waals surface area contributed by atoms with Gasteiger partial charge in [0.05, 0.1) is 5.56 Å². The topological polar surface area (TPSA) is 63.7 Å². The van der Waals surface area contributed by atoms with E-state index in [1.54, 1.807) is 6.20 Å². The van der Waals surface area contributed by atoms with Crippen molar-refractivity contribution < 1.29 is 14.3 Å². The third-order valence-electron chi connectivity index (χ3n) is 4.76. The number of aromatic nitrogens is 1. The molecule has 4 rings (SSSR count). The average Bonchev–Trinajstić information content (AvgIpc) is 3.23. The number of fused-ring (bicyclic) bond motifs is 1. The van der Waals surface area contributed by atoms with Crippen LogP contribution < -0.4 is 19.7 Å². The molecule has 1 amide bonds. The highest BCUT2D eigenvalue weighted by atomic mass is 16.6. The van der Waals surface area contributed by atoms with Crippen LogP contribution in [0, 0.1) is 0 Å². The summed E-state index contributed by atoms with van der Waals surface area (Å²) in [5.74, 6) is 2.38. The van der Waals surface area contributed by atoms with E-state index in [1.807, 2.05) is 36.4 Å². The van der Waals surface area contributed by atoms with Crippen LogP contribution in [0.5, 0.6) is 11.5 Å². The van der Waals surface area contributed by atoms with Crippen LogP contribution >= 0.6 is 0 Å². The molecular weight excluding hydrogens is 330 g/mol. The normalized spacial score (nSPS) is 18.6. The molecule has 0 radical (unpaired) electrons. The number of benzene rings is 1. The number of amides is 1. The largest absolute Gasteiger partial charge is 0.486 e. The maximum absolute atomic E-state index is 12.3. The Hall–Kier alpha value is -2.76. The molecule has 136 valence electrons. The molecule has 1 saturated heterocycles. The highest BCUT2D eigenvalue weighted by Gasteiger charge is 2.20. The zero-order valence-electron chi connectivity index (χ0n) is 14.7. The Balaban J connectivity index is 1.25. The van der Waals surface area contributed by atoms with E-state index in [1.165, 1.54) is 12.8 Å². The number of ether oxygens (including phenoxy) is 2. The molecule has 1 fully saturated rings. The molecule has 26 heavy (non-hydrogen) atoms. The number of hydrogen-bond acceptors (Lipinski definition) is 5. The SMILES string of the molecule is O=C(NCCC1COc2ccccc2O1)c1ccc(N2CCCC2)nc1. The van der Waals surface area contributed by atoms with Gasteiger partial charge in [0, 0.05) is 32.3 Å². The third kappa shape index (κ3) is 3.74. The van der Waals surface area contributed by atoms with Crippen LogP contribution in [0.25, 0.3) is 0 Å². The molecule has 0 saturated carbocycles. The minimum Gasteiger partial charge on any atom is -0.486 e. The number of carbonyl (C=O) groups is 1. The molecular formula is C20H23N3O3. The van der Waals surface area contributed by atoms with E-state index in [0.29, 0.717) is 25.1 Å². The van der Waals surface area contributed by atoms with Crippen molar-refractivity contribution in [3.63, 3.8) is 0 Å². The summed E-state index contributed by atoms with van der Waals surface area (Å²) in [6.07, 6.45) is 4.71. The summed E-state index contributed by atoms with van der Waals surface area (Å²) in [7, 11) is 0. The molecule has 1 aromatic heterocycles. The summed E-state index contributed by atoms with van der Waals surface area (Å²) in [6.45, 7) is 3.12. The van der Waals surface area contributed by atoms with Crippen molar-refractivity contribution in [3.8, 4) is 11.5 Å². The first-order chi connectivity index (χ1) is 12.8. The number of nitrogens with one attached hydrogen (secondary N) is 1. The molecule has 0 bridgehead atoms. The summed E-state index contributed by atoms with van der Waals surface area (Å²) < 4.78 is 11.6. The fourth-order valence-corrected chi connectivity index (χ4v) is 3.31. The molecule has 0 spiro atoms. The maximum atomic E-state index is 12.3. The smallest absolute Gasteiger partial charge is 0.252 e. The number of para-hydroxylation sites is 2. The second kappa shape index (κ2) is 7.64. The van der Waals surface area contributed by atoms with Crippen molar-refractivity contribution in [2.75, 3.05) is 31.1 Å². The molecule has 1 N–H and O–H groups in total. The molecule has 6 nitrogen and oxygen atoms in total. The van der Waals surface area contributed by atoms with E-state index < -0.39 is 0 Å². The van der Waals surface area contributed by atoms with Crippen molar-refractivity contribution in [2.24, 2.45) is 0 Å². The standard InChI is InChI=1S/C20H23N3O3/c24-20(15-7-8-19(22-13-15)23-11-3-4-12-23)21-10-9-16-14-25-17-5-1-2-6-18(17)26-16/h1-2,5-8,13,16H,3-4,9-12,14H2,(H,21,24). The van der Waals surface area contributed by atoms with Crippen molar-refractivity contribution in [1.29, 1.82) is 0 Å². The lowest BCUT2D eigenvalue weighted by molar-refractivity contribution is 0.0812. The van der Waals surface area contributed by atoms with E-state index >= 15 is 0 Å². The fraction of sp³-hybridized carbons (Fsp3) is 0.400. The van der Waals surface area contributed by atoms with Gasteiger partial charge in [0.25, 0.3) is 5.91 Å². The number of anilines is 1. The Morgan fingerprint density at radius 3 is 2.73 bits per heavy atom. The summed E-state index contributed by atoms with van der Waals surface area (Å²) in [5, 5.41) is 2.93. The zero-order chi connectivity index (χ0) is 17.8. The van der Waals surface area contributed by atoms with Crippen molar-refractivity contribution >= 4 is 11.7 Å². The monoisotopic (exact) mass is 353 g/mol. The quantitative estimate of drug-likeness (QED) is 0.895. The molecule has 2 aliphatic heterocycles. The van der Waals surface area contributed by atoms with Gasteiger partial charge in [-0.1, -0.05) is 12.1 Å². The number of hydrogen-bond donors (Lipinski definition) is 1. The molecule has 2 aromatic rings. The van der Waals surface area contributed by atoms with Crippen LogP contribution in [0.3, 0.4) is 0 Å². The number of pyridine rings is 1. The molecule has 1 atom stereocenters. The first-order valence-corrected chi connectivity index (χ1v) is 9.17. The third-order valence-corrected chi connectivity index (χ3v) is 4.76. The lowest BCUT2D eigenvalue weighted by Gasteiger charge is -2.26. The van der Waals surface area contributed by atoms with E-state index in [2.05, 4.69) is 15.2 Å². The average molecular weight is 353 g/mol. The Morgan fingerprint density at radius 1 is 1.15 bits per heavy atom. The molecule has 0 aliphatic carbocycles. The first-order valence-electron chi connectivity index (χ1n) is 9.17. The summed E-state index contributed by atoms with van der Waals surface area (Å²) >= 11 is 0. The van der Waals surface area contributed by atoms with Gasteiger partial charge < -0.3 is 19.7 Å². The van der Waals surface area contributed by atoms with Gasteiger partial charge in [-0.3, -0.25) is 4.79 Å². The van der Waals surface area contributed by atoms with E-state index in [-0.39, 0.29) is 12.0 Å². The molecule has 2 aliphatic rings. The van der Waals surface area contributed by atoms with Crippen LogP contribution in [-0.4, -0.2) is 43.2 Å². The number of carbonyl (C=O) groups excluding carboxylic acids is 1. The minimum atomic E-state index is -0.109. The fourth-order valence-electron chi connectivity index (χ4n) is 3.31. The Morgan fingerprint density at radius 2 is 1.96 bits per heavy atom. The van der Waals surface area contributed by atoms with Crippen LogP contribution in [0.15, 0.2) is 42.6 Å². The summed E-state index contributed by atoms with van der Waals surface area (Å²) in [5.41, 5.74) is 0.583. The van der Waals surface area contributed by atoms with Gasteiger partial charge in [0.2, 0.25) is 0 Å². The highest BCUT2D eigenvalue weighted by Crippen LogP contribution is 2.31. The number of nitrogens with zero attached hydrogens (tertiary/aromatic N) is 2. The lowest BCUT2D eigenvalue weighted by atomic mass is 10.2. The van der Waals surface area contributed by atoms with E-state index in [0.717, 1.165) is 30.4 Å². The van der Waals surface area contributed by atoms with Crippen LogP contribution in [0.2, 0.25) is 0 Å². The predicted molar refractivity (Wildman–Crippen MR) is 99.0 cm³/mol. The van der Waals surface area contributed by atoms with Gasteiger partial charge in [0.1, 0.15) is 18.5 Å². The Bertz CT molecular complexity index is 757. The molecule has 1 aromatic carbocycles. The predicted octanol–water partition coefficient (Wildman–Crippen LogP) is 2.64. The van der Waals surface area contributed by atoms with Crippen molar-refractivity contribution in [2.45, 2.75) is 25.4 Å². The van der Waals surface area contributed by atoms with Gasteiger partial charge in [-0.15, -0.1) is 0 Å².